The van der Waals surface area contributed by atoms with Crippen molar-refractivity contribution in [2.45, 2.75) is 25.8 Å². The summed E-state index contributed by atoms with van der Waals surface area (Å²) in [6.45, 7) is 5.94. The second kappa shape index (κ2) is 8.15. The van der Waals surface area contributed by atoms with E-state index in [9.17, 15) is 0 Å². The van der Waals surface area contributed by atoms with E-state index in [1.54, 1.807) is 0 Å². The van der Waals surface area contributed by atoms with Crippen LogP contribution < -0.4 is 5.32 Å². The van der Waals surface area contributed by atoms with Gasteiger partial charge in [0.2, 0.25) is 0 Å². The lowest BCUT2D eigenvalue weighted by atomic mass is 10.2. The summed E-state index contributed by atoms with van der Waals surface area (Å²) in [6, 6.07) is 0.615. The Hall–Kier alpha value is 0.0500. The quantitative estimate of drug-likeness (QED) is 0.468. The molecule has 0 bridgehead atoms. The first-order valence-electron chi connectivity index (χ1n) is 4.21. The van der Waals surface area contributed by atoms with Gasteiger partial charge in [0.05, 0.1) is 0 Å². The van der Waals surface area contributed by atoms with E-state index in [0.717, 1.165) is 6.42 Å². The van der Waals surface area contributed by atoms with Gasteiger partial charge >= 0.3 is 0 Å². The topological polar surface area (TPSA) is 12.0 Å². The average Bonchev–Trinajstić information content (AvgIpc) is 2.03. The molecule has 0 spiro atoms. The number of nitrogens with one attached hydrogen (secondary N) is 1. The van der Waals surface area contributed by atoms with Crippen molar-refractivity contribution in [1.82, 2.24) is 5.32 Å². The Bertz CT molecular complexity index is 93.6. The minimum absolute atomic E-state index is 0.615. The molecule has 0 aliphatic rings. The van der Waals surface area contributed by atoms with Gasteiger partial charge in [-0.3, -0.25) is 0 Å². The lowest BCUT2D eigenvalue weighted by molar-refractivity contribution is 0.629. The minimum atomic E-state index is 0.615. The fourth-order valence-corrected chi connectivity index (χ4v) is 1.88. The maximum Gasteiger partial charge on any atom is 0.0189 e. The Labute approximate surface area is 74.6 Å². The molecule has 0 amide bonds. The van der Waals surface area contributed by atoms with Gasteiger partial charge in [0.25, 0.3) is 0 Å². The summed E-state index contributed by atoms with van der Waals surface area (Å²) in [5.74, 6) is 2.48. The summed E-state index contributed by atoms with van der Waals surface area (Å²) >= 11 is 2.02. The lowest BCUT2D eigenvalue weighted by Gasteiger charge is -2.12. The van der Waals surface area contributed by atoms with E-state index in [2.05, 4.69) is 18.8 Å². The third-order valence-corrected chi connectivity index (χ3v) is 2.86. The average molecular weight is 173 g/mol. The van der Waals surface area contributed by atoms with E-state index in [-0.39, 0.29) is 0 Å². The smallest absolute Gasteiger partial charge is 0.0189 e. The molecule has 0 saturated carbocycles. The van der Waals surface area contributed by atoms with Crippen molar-refractivity contribution in [3.8, 4) is 0 Å². The van der Waals surface area contributed by atoms with Crippen LogP contribution in [0, 0.1) is 0 Å². The van der Waals surface area contributed by atoms with Crippen molar-refractivity contribution >= 4 is 11.8 Å². The molecule has 0 aliphatic carbocycles. The summed E-state index contributed by atoms with van der Waals surface area (Å²) in [4.78, 5) is 0. The molecular weight excluding hydrogens is 154 g/mol. The maximum absolute atomic E-state index is 3.73. The van der Waals surface area contributed by atoms with Gasteiger partial charge in [0.15, 0.2) is 0 Å². The maximum atomic E-state index is 3.73. The first-order chi connectivity index (χ1) is 5.35. The summed E-state index contributed by atoms with van der Waals surface area (Å²) in [5, 5.41) is 3.27. The molecule has 1 unspecified atom stereocenters. The summed E-state index contributed by atoms with van der Waals surface area (Å²) in [5.41, 5.74) is 0. The number of hydrogen-bond donors (Lipinski definition) is 1. The van der Waals surface area contributed by atoms with Crippen molar-refractivity contribution in [2.75, 3.05) is 18.6 Å². The normalized spacial score (nSPS) is 12.9. The Kier molecular flexibility index (Phi) is 8.19. The van der Waals surface area contributed by atoms with Gasteiger partial charge in [-0.2, -0.15) is 11.8 Å². The van der Waals surface area contributed by atoms with Crippen LogP contribution in [0.3, 0.4) is 0 Å². The molecule has 0 aromatic heterocycles. The molecule has 11 heavy (non-hydrogen) atoms. The van der Waals surface area contributed by atoms with Crippen LogP contribution in [0.5, 0.6) is 0 Å². The third-order valence-electron chi connectivity index (χ3n) is 1.53. The molecule has 0 aromatic rings. The molecule has 2 heteroatoms. The predicted octanol–water partition coefficient (Wildman–Crippen LogP) is 2.29. The van der Waals surface area contributed by atoms with E-state index in [0.29, 0.717) is 6.04 Å². The highest BCUT2D eigenvalue weighted by Gasteiger charge is 2.01. The molecule has 0 aromatic carbocycles. The standard InChI is InChI=1S/C9H19NS/c1-4-6-9(10-3)8-11-7-5-2/h4,9-10H,1,5-8H2,2-3H3. The lowest BCUT2D eigenvalue weighted by Crippen LogP contribution is -2.26. The van der Waals surface area contributed by atoms with Crippen LogP contribution >= 0.6 is 11.8 Å². The fourth-order valence-electron chi connectivity index (χ4n) is 0.840. The molecule has 0 heterocycles. The monoisotopic (exact) mass is 173 g/mol. The van der Waals surface area contributed by atoms with Crippen LogP contribution in [-0.4, -0.2) is 24.6 Å². The van der Waals surface area contributed by atoms with Crippen molar-refractivity contribution < 1.29 is 0 Å². The van der Waals surface area contributed by atoms with Gasteiger partial charge < -0.3 is 5.32 Å². The SMILES string of the molecule is C=CCC(CSCCC)NC. The summed E-state index contributed by atoms with van der Waals surface area (Å²) < 4.78 is 0. The van der Waals surface area contributed by atoms with Gasteiger partial charge in [0, 0.05) is 11.8 Å². The van der Waals surface area contributed by atoms with E-state index in [1.165, 1.54) is 17.9 Å². The Morgan fingerprint density at radius 3 is 2.82 bits per heavy atom. The van der Waals surface area contributed by atoms with Crippen LogP contribution in [-0.2, 0) is 0 Å². The van der Waals surface area contributed by atoms with E-state index >= 15 is 0 Å². The highest BCUT2D eigenvalue weighted by Crippen LogP contribution is 2.06. The summed E-state index contributed by atoms with van der Waals surface area (Å²) in [6.07, 6.45) is 4.33. The van der Waals surface area contributed by atoms with Gasteiger partial charge in [-0.05, 0) is 25.6 Å². The van der Waals surface area contributed by atoms with Crippen LogP contribution in [0.4, 0.5) is 0 Å². The second-order valence-corrected chi connectivity index (χ2v) is 3.73. The molecular formula is C9H19NS. The molecule has 0 fully saturated rings. The minimum Gasteiger partial charge on any atom is -0.316 e. The number of hydrogen-bond acceptors (Lipinski definition) is 2. The molecule has 0 radical (unpaired) electrons. The zero-order chi connectivity index (χ0) is 8.53. The molecule has 0 aliphatic heterocycles. The largest absolute Gasteiger partial charge is 0.316 e. The zero-order valence-electron chi connectivity index (χ0n) is 7.60. The van der Waals surface area contributed by atoms with Crippen molar-refractivity contribution in [3.63, 3.8) is 0 Å². The van der Waals surface area contributed by atoms with Crippen LogP contribution in [0.15, 0.2) is 12.7 Å². The van der Waals surface area contributed by atoms with Gasteiger partial charge in [-0.25, -0.2) is 0 Å². The molecule has 0 saturated heterocycles. The third kappa shape index (κ3) is 6.45. The van der Waals surface area contributed by atoms with E-state index in [4.69, 9.17) is 0 Å². The fraction of sp³-hybridized carbons (Fsp3) is 0.778. The van der Waals surface area contributed by atoms with Gasteiger partial charge in [-0.15, -0.1) is 6.58 Å². The van der Waals surface area contributed by atoms with Crippen LogP contribution in [0.25, 0.3) is 0 Å². The molecule has 66 valence electrons. The van der Waals surface area contributed by atoms with E-state index in [1.807, 2.05) is 24.9 Å². The number of thioether (sulfide) groups is 1. The highest BCUT2D eigenvalue weighted by molar-refractivity contribution is 7.99. The number of rotatable bonds is 7. The molecule has 1 atom stereocenters. The Morgan fingerprint density at radius 2 is 2.36 bits per heavy atom. The molecule has 1 nitrogen and oxygen atoms in total. The highest BCUT2D eigenvalue weighted by atomic mass is 32.2. The molecule has 0 rings (SSSR count). The predicted molar refractivity (Wildman–Crippen MR) is 55.3 cm³/mol. The van der Waals surface area contributed by atoms with Crippen LogP contribution in [0.2, 0.25) is 0 Å². The first-order valence-corrected chi connectivity index (χ1v) is 5.36. The van der Waals surface area contributed by atoms with E-state index < -0.39 is 0 Å². The molecule has 1 N–H and O–H groups in total. The second-order valence-electron chi connectivity index (χ2n) is 2.58. The van der Waals surface area contributed by atoms with Crippen LogP contribution in [0.1, 0.15) is 19.8 Å². The van der Waals surface area contributed by atoms with Crippen molar-refractivity contribution in [3.05, 3.63) is 12.7 Å². The Balaban J connectivity index is 3.27. The van der Waals surface area contributed by atoms with Crippen molar-refractivity contribution in [1.29, 1.82) is 0 Å². The summed E-state index contributed by atoms with van der Waals surface area (Å²) in [7, 11) is 2.01. The van der Waals surface area contributed by atoms with Gasteiger partial charge in [0.1, 0.15) is 0 Å². The Morgan fingerprint density at radius 1 is 1.64 bits per heavy atom. The van der Waals surface area contributed by atoms with Crippen molar-refractivity contribution in [2.24, 2.45) is 0 Å². The van der Waals surface area contributed by atoms with Gasteiger partial charge in [-0.1, -0.05) is 13.0 Å². The first kappa shape index (κ1) is 11.1. The zero-order valence-corrected chi connectivity index (χ0v) is 8.41.